The van der Waals surface area contributed by atoms with E-state index >= 15 is 0 Å². The topological polar surface area (TPSA) is 64.4 Å². The third kappa shape index (κ3) is 4.28. The maximum Gasteiger partial charge on any atom is 0.274 e. The average Bonchev–Trinajstić information content (AvgIpc) is 2.71. The van der Waals surface area contributed by atoms with Gasteiger partial charge in [0.1, 0.15) is 12.4 Å². The van der Waals surface area contributed by atoms with Gasteiger partial charge in [0.25, 0.3) is 5.56 Å². The Labute approximate surface area is 163 Å². The number of aromatic nitrogens is 2. The summed E-state index contributed by atoms with van der Waals surface area (Å²) in [7, 11) is 3.36. The third-order valence-corrected chi connectivity index (χ3v) is 4.49. The minimum absolute atomic E-state index is 0.0664. The molecule has 0 N–H and O–H groups in total. The maximum absolute atomic E-state index is 12.7. The summed E-state index contributed by atoms with van der Waals surface area (Å²) >= 11 is 0. The van der Waals surface area contributed by atoms with Crippen LogP contribution in [0.1, 0.15) is 11.3 Å². The van der Waals surface area contributed by atoms with Crippen LogP contribution in [-0.4, -0.2) is 34.2 Å². The molecule has 0 saturated heterocycles. The summed E-state index contributed by atoms with van der Waals surface area (Å²) in [5, 5.41) is 5.59. The van der Waals surface area contributed by atoms with Crippen molar-refractivity contribution in [1.29, 1.82) is 0 Å². The summed E-state index contributed by atoms with van der Waals surface area (Å²) < 4.78 is 6.75. The molecule has 0 aliphatic carbocycles. The van der Waals surface area contributed by atoms with Crippen molar-refractivity contribution in [3.05, 3.63) is 82.8 Å². The molecule has 0 unspecified atom stereocenters. The second-order valence-corrected chi connectivity index (χ2v) is 6.59. The van der Waals surface area contributed by atoms with Crippen LogP contribution in [0.5, 0.6) is 5.75 Å². The fourth-order valence-electron chi connectivity index (χ4n) is 2.99. The van der Waals surface area contributed by atoms with E-state index in [0.29, 0.717) is 24.2 Å². The summed E-state index contributed by atoms with van der Waals surface area (Å²) in [6.07, 6.45) is 1.82. The zero-order valence-electron chi connectivity index (χ0n) is 16.1. The fraction of sp³-hybridized carbons (Fsp3) is 0.227. The molecule has 0 saturated carbocycles. The van der Waals surface area contributed by atoms with Crippen LogP contribution in [0.15, 0.2) is 66.0 Å². The second kappa shape index (κ2) is 8.52. The highest BCUT2D eigenvalue weighted by atomic mass is 16.5. The van der Waals surface area contributed by atoms with Crippen molar-refractivity contribution in [3.63, 3.8) is 0 Å². The lowest BCUT2D eigenvalue weighted by molar-refractivity contribution is -0.129. The van der Waals surface area contributed by atoms with Gasteiger partial charge in [-0.25, -0.2) is 4.68 Å². The number of hydrogen-bond acceptors (Lipinski definition) is 4. The number of ether oxygens (including phenoxy) is 1. The van der Waals surface area contributed by atoms with E-state index in [1.54, 1.807) is 31.1 Å². The molecule has 28 heavy (non-hydrogen) atoms. The summed E-state index contributed by atoms with van der Waals surface area (Å²) in [6.45, 7) is 4.56. The van der Waals surface area contributed by atoms with Gasteiger partial charge in [-0.15, -0.1) is 0 Å². The predicted octanol–water partition coefficient (Wildman–Crippen LogP) is 2.70. The molecule has 6 heteroatoms. The molecule has 3 rings (SSSR count). The molecule has 0 spiro atoms. The number of nitrogens with zero attached hydrogens (tertiary/aromatic N) is 3. The lowest BCUT2D eigenvalue weighted by atomic mass is 10.1. The van der Waals surface area contributed by atoms with Gasteiger partial charge in [0.2, 0.25) is 5.91 Å². The smallest absolute Gasteiger partial charge is 0.274 e. The summed E-state index contributed by atoms with van der Waals surface area (Å²) in [5.41, 5.74) is 1.43. The normalized spacial score (nSPS) is 10.6. The van der Waals surface area contributed by atoms with Gasteiger partial charge >= 0.3 is 0 Å². The van der Waals surface area contributed by atoms with E-state index in [4.69, 9.17) is 4.74 Å². The minimum Gasteiger partial charge on any atom is -0.490 e. The lowest BCUT2D eigenvalue weighted by Crippen LogP contribution is -2.29. The number of amides is 1. The van der Waals surface area contributed by atoms with Gasteiger partial charge in [0, 0.05) is 26.0 Å². The number of hydrogen-bond donors (Lipinski definition) is 0. The van der Waals surface area contributed by atoms with Gasteiger partial charge in [-0.05, 0) is 23.8 Å². The average molecular weight is 377 g/mol. The first-order chi connectivity index (χ1) is 13.5. The molecule has 0 bridgehead atoms. The van der Waals surface area contributed by atoms with E-state index in [9.17, 15) is 9.59 Å². The van der Waals surface area contributed by atoms with E-state index in [-0.39, 0.29) is 17.9 Å². The van der Waals surface area contributed by atoms with Crippen LogP contribution in [0.3, 0.4) is 0 Å². The highest BCUT2D eigenvalue weighted by molar-refractivity contribution is 5.88. The number of fused-ring (bicyclic) bond motifs is 1. The zero-order valence-corrected chi connectivity index (χ0v) is 16.1. The molecule has 2 aromatic carbocycles. The number of benzene rings is 2. The highest BCUT2D eigenvalue weighted by Crippen LogP contribution is 2.16. The standard InChI is InChI=1S/C22H23N3O3/c1-4-13-28-17-11-9-16(10-12-17)15-24(2)21(26)14-20-18-7-5-6-8-19(18)22(27)25(3)23-20/h4-12H,1,13-15H2,2-3H3. The van der Waals surface area contributed by atoms with Gasteiger partial charge in [-0.2, -0.15) is 5.10 Å². The Hall–Kier alpha value is -3.41. The molecule has 1 amide bonds. The Morgan fingerprint density at radius 1 is 1.18 bits per heavy atom. The van der Waals surface area contributed by atoms with E-state index in [1.165, 1.54) is 4.68 Å². The quantitative estimate of drug-likeness (QED) is 0.594. The molecule has 6 nitrogen and oxygen atoms in total. The molecule has 0 atom stereocenters. The van der Waals surface area contributed by atoms with E-state index < -0.39 is 0 Å². The van der Waals surface area contributed by atoms with Crippen molar-refractivity contribution in [3.8, 4) is 5.75 Å². The Balaban J connectivity index is 1.73. The summed E-state index contributed by atoms with van der Waals surface area (Å²) in [5.74, 6) is 0.696. The molecule has 3 aromatic rings. The molecule has 1 aromatic heterocycles. The van der Waals surface area contributed by atoms with Crippen molar-refractivity contribution in [1.82, 2.24) is 14.7 Å². The number of aryl methyl sites for hydroxylation is 1. The van der Waals surface area contributed by atoms with Crippen molar-refractivity contribution in [2.75, 3.05) is 13.7 Å². The van der Waals surface area contributed by atoms with Crippen molar-refractivity contribution in [2.45, 2.75) is 13.0 Å². The van der Waals surface area contributed by atoms with Crippen molar-refractivity contribution < 1.29 is 9.53 Å². The van der Waals surface area contributed by atoms with E-state index in [0.717, 1.165) is 16.7 Å². The van der Waals surface area contributed by atoms with Crippen LogP contribution in [0.25, 0.3) is 10.8 Å². The van der Waals surface area contributed by atoms with E-state index in [1.807, 2.05) is 42.5 Å². The SMILES string of the molecule is C=CCOc1ccc(CN(C)C(=O)Cc2nn(C)c(=O)c3ccccc23)cc1. The van der Waals surface area contributed by atoms with Crippen molar-refractivity contribution >= 4 is 16.7 Å². The minimum atomic E-state index is -0.168. The number of likely N-dealkylation sites (N-methyl/N-ethyl adjacent to an activating group) is 1. The van der Waals surface area contributed by atoms with Gasteiger partial charge in [0.15, 0.2) is 0 Å². The van der Waals surface area contributed by atoms with Crippen LogP contribution in [0.2, 0.25) is 0 Å². The van der Waals surface area contributed by atoms with Gasteiger partial charge in [0.05, 0.1) is 17.5 Å². The lowest BCUT2D eigenvalue weighted by Gasteiger charge is -2.18. The van der Waals surface area contributed by atoms with Crippen LogP contribution in [0, 0.1) is 0 Å². The Kier molecular flexibility index (Phi) is 5.89. The molecule has 144 valence electrons. The van der Waals surface area contributed by atoms with Gasteiger partial charge in [-0.1, -0.05) is 43.0 Å². The van der Waals surface area contributed by atoms with Gasteiger partial charge in [-0.3, -0.25) is 9.59 Å². The molecular weight excluding hydrogens is 354 g/mol. The summed E-state index contributed by atoms with van der Waals surface area (Å²) in [6, 6.07) is 14.9. The van der Waals surface area contributed by atoms with Crippen molar-refractivity contribution in [2.24, 2.45) is 7.05 Å². The summed E-state index contributed by atoms with van der Waals surface area (Å²) in [4.78, 5) is 26.6. The van der Waals surface area contributed by atoms with Crippen LogP contribution in [0.4, 0.5) is 0 Å². The molecular formula is C22H23N3O3. The molecule has 0 fully saturated rings. The Morgan fingerprint density at radius 2 is 1.86 bits per heavy atom. The van der Waals surface area contributed by atoms with Crippen LogP contribution < -0.4 is 10.3 Å². The fourth-order valence-corrected chi connectivity index (χ4v) is 2.99. The van der Waals surface area contributed by atoms with Crippen LogP contribution >= 0.6 is 0 Å². The number of carbonyl (C=O) groups is 1. The zero-order chi connectivity index (χ0) is 20.1. The Bertz CT molecular complexity index is 1050. The first-order valence-corrected chi connectivity index (χ1v) is 9.01. The molecule has 1 heterocycles. The monoisotopic (exact) mass is 377 g/mol. The van der Waals surface area contributed by atoms with Crippen LogP contribution in [-0.2, 0) is 24.8 Å². The largest absolute Gasteiger partial charge is 0.490 e. The van der Waals surface area contributed by atoms with E-state index in [2.05, 4.69) is 11.7 Å². The molecule has 0 radical (unpaired) electrons. The molecule has 0 aliphatic heterocycles. The Morgan fingerprint density at radius 3 is 2.54 bits per heavy atom. The first kappa shape index (κ1) is 19.4. The van der Waals surface area contributed by atoms with Gasteiger partial charge < -0.3 is 9.64 Å². The maximum atomic E-state index is 12.7. The third-order valence-electron chi connectivity index (χ3n) is 4.49. The number of rotatable bonds is 7. The predicted molar refractivity (Wildman–Crippen MR) is 109 cm³/mol. The second-order valence-electron chi connectivity index (χ2n) is 6.59. The molecule has 0 aliphatic rings. The highest BCUT2D eigenvalue weighted by Gasteiger charge is 2.15. The first-order valence-electron chi connectivity index (χ1n) is 9.01. The number of carbonyl (C=O) groups excluding carboxylic acids is 1.